The second-order valence-electron chi connectivity index (χ2n) is 9.50. The van der Waals surface area contributed by atoms with Gasteiger partial charge in [0.1, 0.15) is 6.17 Å². The highest BCUT2D eigenvalue weighted by atomic mass is 35.5. The van der Waals surface area contributed by atoms with Crippen LogP contribution in [0, 0.1) is 34.5 Å². The molecular weight excluding hydrogens is 343 g/mol. The molecule has 4 unspecified atom stereocenters. The molecule has 0 saturated heterocycles. The quantitative estimate of drug-likeness (QED) is 0.684. The van der Waals surface area contributed by atoms with Gasteiger partial charge in [-0.05, 0) is 65.8 Å². The molecule has 0 heterocycles. The standard InChI is InChI=1S/C20H28ClFO3/c1-9-6-11-10-7-12(22)16-17(21)13(23)4-5-19(16,2)15(10)14(24)8-20(11,3)18(9)25/h9-12,14-15,18,24-25H,4-8H2,1-3H3/t9?,10-,11-,12?,14?,15-,18?,19+,20-/m0/s1. The maximum atomic E-state index is 15.2. The molecule has 0 aromatic carbocycles. The summed E-state index contributed by atoms with van der Waals surface area (Å²) in [4.78, 5) is 12.0. The predicted molar refractivity (Wildman–Crippen MR) is 93.7 cm³/mol. The van der Waals surface area contributed by atoms with Crippen molar-refractivity contribution in [2.75, 3.05) is 0 Å². The lowest BCUT2D eigenvalue weighted by molar-refractivity contribution is -0.150. The van der Waals surface area contributed by atoms with Crippen LogP contribution in [0.1, 0.15) is 52.9 Å². The Labute approximate surface area is 153 Å². The fourth-order valence-electron chi connectivity index (χ4n) is 7.14. The minimum atomic E-state index is -1.23. The van der Waals surface area contributed by atoms with Gasteiger partial charge < -0.3 is 10.2 Å². The van der Waals surface area contributed by atoms with E-state index in [-0.39, 0.29) is 39.9 Å². The molecule has 25 heavy (non-hydrogen) atoms. The summed E-state index contributed by atoms with van der Waals surface area (Å²) in [6, 6.07) is 0. The van der Waals surface area contributed by atoms with Crippen LogP contribution >= 0.6 is 11.6 Å². The molecule has 3 nitrogen and oxygen atoms in total. The highest BCUT2D eigenvalue weighted by Crippen LogP contribution is 2.67. The van der Waals surface area contributed by atoms with E-state index in [0.29, 0.717) is 31.3 Å². The van der Waals surface area contributed by atoms with Gasteiger partial charge >= 0.3 is 0 Å². The molecule has 4 aliphatic rings. The smallest absolute Gasteiger partial charge is 0.174 e. The molecule has 5 heteroatoms. The molecule has 140 valence electrons. The largest absolute Gasteiger partial charge is 0.393 e. The zero-order valence-electron chi connectivity index (χ0n) is 15.1. The molecule has 0 aliphatic heterocycles. The van der Waals surface area contributed by atoms with E-state index < -0.39 is 23.8 Å². The summed E-state index contributed by atoms with van der Waals surface area (Å²) in [7, 11) is 0. The van der Waals surface area contributed by atoms with Crippen molar-refractivity contribution >= 4 is 17.4 Å². The summed E-state index contributed by atoms with van der Waals surface area (Å²) in [5, 5.41) is 21.9. The number of halogens is 2. The predicted octanol–water partition coefficient (Wildman–Crippen LogP) is 3.61. The van der Waals surface area contributed by atoms with E-state index in [1.54, 1.807) is 0 Å². The lowest BCUT2D eigenvalue weighted by Crippen LogP contribution is -2.59. The summed E-state index contributed by atoms with van der Waals surface area (Å²) in [6.45, 7) is 6.10. The number of carbonyl (C=O) groups excluding carboxylic acids is 1. The number of alkyl halides is 1. The Morgan fingerprint density at radius 3 is 2.60 bits per heavy atom. The second-order valence-corrected chi connectivity index (χ2v) is 9.88. The van der Waals surface area contributed by atoms with Gasteiger partial charge in [0.05, 0.1) is 17.2 Å². The Hall–Kier alpha value is -0.450. The molecule has 0 spiro atoms. The minimum Gasteiger partial charge on any atom is -0.393 e. The fourth-order valence-corrected chi connectivity index (χ4v) is 7.57. The topological polar surface area (TPSA) is 57.5 Å². The summed E-state index contributed by atoms with van der Waals surface area (Å²) in [6.07, 6.45) is 0.306. The van der Waals surface area contributed by atoms with Crippen molar-refractivity contribution in [3.8, 4) is 0 Å². The maximum absolute atomic E-state index is 15.2. The number of hydrogen-bond acceptors (Lipinski definition) is 3. The first-order valence-corrected chi connectivity index (χ1v) is 9.92. The number of allylic oxidation sites excluding steroid dienone is 1. The molecule has 0 amide bonds. The molecule has 2 N–H and O–H groups in total. The molecule has 3 saturated carbocycles. The first kappa shape index (κ1) is 17.9. The maximum Gasteiger partial charge on any atom is 0.174 e. The molecule has 9 atom stereocenters. The van der Waals surface area contributed by atoms with Crippen LogP contribution in [0.2, 0.25) is 0 Å². The number of rotatable bonds is 0. The SMILES string of the molecule is CC1C[C@H]2[C@@H]3CC(F)C4=C(Cl)C(=O)CC[C@]4(C)[C@@H]3C(O)C[C@]2(C)C1O. The van der Waals surface area contributed by atoms with E-state index in [0.717, 1.165) is 6.42 Å². The lowest BCUT2D eigenvalue weighted by Gasteiger charge is -2.60. The van der Waals surface area contributed by atoms with Crippen LogP contribution in [0.25, 0.3) is 0 Å². The molecule has 0 bridgehead atoms. The van der Waals surface area contributed by atoms with Crippen LogP contribution in [0.5, 0.6) is 0 Å². The third-order valence-electron chi connectivity index (χ3n) is 8.23. The van der Waals surface area contributed by atoms with Crippen LogP contribution in [0.3, 0.4) is 0 Å². The van der Waals surface area contributed by atoms with Gasteiger partial charge in [0.25, 0.3) is 0 Å². The van der Waals surface area contributed by atoms with Crippen molar-refractivity contribution in [1.29, 1.82) is 0 Å². The number of fused-ring (bicyclic) bond motifs is 5. The number of aliphatic hydroxyl groups excluding tert-OH is 2. The summed E-state index contributed by atoms with van der Waals surface area (Å²) in [5.74, 6) is 0.135. The number of carbonyl (C=O) groups is 1. The van der Waals surface area contributed by atoms with Gasteiger partial charge in [-0.2, -0.15) is 0 Å². The third kappa shape index (κ3) is 2.20. The van der Waals surface area contributed by atoms with Crippen LogP contribution in [-0.4, -0.2) is 34.4 Å². The number of hydrogen-bond donors (Lipinski definition) is 2. The fraction of sp³-hybridized carbons (Fsp3) is 0.850. The van der Waals surface area contributed by atoms with E-state index in [1.807, 2.05) is 6.92 Å². The van der Waals surface area contributed by atoms with E-state index in [2.05, 4.69) is 13.8 Å². The van der Waals surface area contributed by atoms with Gasteiger partial charge in [0.2, 0.25) is 0 Å². The Balaban J connectivity index is 1.81. The van der Waals surface area contributed by atoms with Crippen molar-refractivity contribution < 1.29 is 19.4 Å². The second kappa shape index (κ2) is 5.53. The number of Topliss-reactive ketones (excluding diaryl/α,β-unsaturated/α-hetero) is 1. The van der Waals surface area contributed by atoms with Crippen molar-refractivity contribution in [3.05, 3.63) is 10.6 Å². The Kier molecular flexibility index (Phi) is 3.97. The zero-order valence-corrected chi connectivity index (χ0v) is 15.9. The van der Waals surface area contributed by atoms with Crippen LogP contribution < -0.4 is 0 Å². The Morgan fingerprint density at radius 1 is 1.24 bits per heavy atom. The van der Waals surface area contributed by atoms with Gasteiger partial charge in [0, 0.05) is 6.42 Å². The molecule has 3 fully saturated rings. The molecule has 4 rings (SSSR count). The van der Waals surface area contributed by atoms with Crippen molar-refractivity contribution in [3.63, 3.8) is 0 Å². The normalized spacial score (nSPS) is 55.6. The summed E-state index contributed by atoms with van der Waals surface area (Å²) < 4.78 is 15.2. The Bertz CT molecular complexity index is 649. The number of ketones is 1. The molecule has 0 aromatic rings. The molecule has 4 aliphatic carbocycles. The average Bonchev–Trinajstić information content (AvgIpc) is 2.75. The summed E-state index contributed by atoms with van der Waals surface area (Å²) >= 11 is 6.26. The molecular formula is C20H28ClFO3. The van der Waals surface area contributed by atoms with E-state index in [1.165, 1.54) is 0 Å². The first-order valence-electron chi connectivity index (χ1n) is 9.55. The van der Waals surface area contributed by atoms with Crippen molar-refractivity contribution in [2.24, 2.45) is 34.5 Å². The first-order chi connectivity index (χ1) is 11.6. The van der Waals surface area contributed by atoms with E-state index >= 15 is 4.39 Å². The van der Waals surface area contributed by atoms with E-state index in [9.17, 15) is 15.0 Å². The van der Waals surface area contributed by atoms with Crippen LogP contribution in [0.4, 0.5) is 4.39 Å². The van der Waals surface area contributed by atoms with Gasteiger partial charge in [-0.25, -0.2) is 4.39 Å². The Morgan fingerprint density at radius 2 is 1.92 bits per heavy atom. The van der Waals surface area contributed by atoms with Gasteiger partial charge in [-0.3, -0.25) is 4.79 Å². The van der Waals surface area contributed by atoms with Crippen molar-refractivity contribution in [1.82, 2.24) is 0 Å². The highest BCUT2D eigenvalue weighted by molar-refractivity contribution is 6.43. The lowest BCUT2D eigenvalue weighted by atomic mass is 9.46. The monoisotopic (exact) mass is 370 g/mol. The molecule has 0 aromatic heterocycles. The third-order valence-corrected chi connectivity index (χ3v) is 8.64. The van der Waals surface area contributed by atoms with Gasteiger partial charge in [0.15, 0.2) is 5.78 Å². The van der Waals surface area contributed by atoms with Gasteiger partial charge in [-0.15, -0.1) is 0 Å². The summed E-state index contributed by atoms with van der Waals surface area (Å²) in [5.41, 5.74) is -0.489. The van der Waals surface area contributed by atoms with Crippen LogP contribution in [0.15, 0.2) is 10.6 Å². The average molecular weight is 371 g/mol. The minimum absolute atomic E-state index is 0.0229. The van der Waals surface area contributed by atoms with E-state index in [4.69, 9.17) is 11.6 Å². The zero-order chi connectivity index (χ0) is 18.3. The van der Waals surface area contributed by atoms with Gasteiger partial charge in [-0.1, -0.05) is 32.4 Å². The highest BCUT2D eigenvalue weighted by Gasteiger charge is 2.65. The van der Waals surface area contributed by atoms with Crippen LogP contribution in [-0.2, 0) is 4.79 Å². The molecule has 0 radical (unpaired) electrons. The number of aliphatic hydroxyl groups is 2. The van der Waals surface area contributed by atoms with Crippen molar-refractivity contribution in [2.45, 2.75) is 71.3 Å².